The smallest absolute Gasteiger partial charge is 0.0682 e. The van der Waals surface area contributed by atoms with Gasteiger partial charge in [0, 0.05) is 0 Å². The second-order valence-electron chi connectivity index (χ2n) is 12.4. The summed E-state index contributed by atoms with van der Waals surface area (Å²) in [5.41, 5.74) is 1.84. The van der Waals surface area contributed by atoms with Crippen LogP contribution >= 0.6 is 0 Å². The van der Waals surface area contributed by atoms with Crippen LogP contribution in [0.4, 0.5) is 0 Å². The quantitative estimate of drug-likeness (QED) is 0.451. The molecule has 29 heavy (non-hydrogen) atoms. The fourth-order valence-electron chi connectivity index (χ4n) is 8.69. The molecule has 3 saturated carbocycles. The summed E-state index contributed by atoms with van der Waals surface area (Å²) in [6, 6.07) is 0. The third kappa shape index (κ3) is 3.99. The number of fused-ring (bicyclic) bond motifs is 5. The lowest BCUT2D eigenvalue weighted by molar-refractivity contribution is -0.0460. The lowest BCUT2D eigenvalue weighted by atomic mass is 9.50. The van der Waals surface area contributed by atoms with Crippen molar-refractivity contribution in [3.8, 4) is 0 Å². The lowest BCUT2D eigenvalue weighted by Crippen LogP contribution is -2.48. The molecule has 4 aliphatic rings. The van der Waals surface area contributed by atoms with Gasteiger partial charge in [-0.25, -0.2) is 0 Å². The highest BCUT2D eigenvalue weighted by Gasteiger charge is 2.57. The summed E-state index contributed by atoms with van der Waals surface area (Å²) < 4.78 is 0. The first kappa shape index (κ1) is 21.9. The normalized spacial score (nSPS) is 45.3. The van der Waals surface area contributed by atoms with Crippen LogP contribution in [0.1, 0.15) is 112 Å². The third-order valence-corrected chi connectivity index (χ3v) is 10.5. The highest BCUT2D eigenvalue weighted by atomic mass is 16.3. The maximum Gasteiger partial charge on any atom is 0.0682 e. The predicted octanol–water partition coefficient (Wildman–Crippen LogP) is 7.78. The largest absolute Gasteiger partial charge is 0.390 e. The van der Waals surface area contributed by atoms with Crippen molar-refractivity contribution in [1.82, 2.24) is 0 Å². The minimum absolute atomic E-state index is 0.401. The van der Waals surface area contributed by atoms with Gasteiger partial charge in [0.1, 0.15) is 0 Å². The Labute approximate surface area is 181 Å². The zero-order valence-electron chi connectivity index (χ0n) is 20.1. The van der Waals surface area contributed by atoms with Crippen LogP contribution in [0, 0.1) is 46.8 Å². The van der Waals surface area contributed by atoms with Gasteiger partial charge in [-0.05, 0) is 105 Å². The van der Waals surface area contributed by atoms with Crippen molar-refractivity contribution in [2.45, 2.75) is 117 Å². The van der Waals surface area contributed by atoms with Crippen LogP contribution in [0.5, 0.6) is 0 Å². The second kappa shape index (κ2) is 8.33. The molecule has 1 N–H and O–H groups in total. The van der Waals surface area contributed by atoms with Crippen molar-refractivity contribution in [3.63, 3.8) is 0 Å². The molecule has 0 aliphatic heterocycles. The molecule has 1 heteroatoms. The van der Waals surface area contributed by atoms with Crippen LogP contribution in [-0.4, -0.2) is 10.7 Å². The van der Waals surface area contributed by atoms with Crippen molar-refractivity contribution in [3.05, 3.63) is 11.6 Å². The Morgan fingerprint density at radius 3 is 2.55 bits per heavy atom. The molecule has 3 fully saturated rings. The number of hydrogen-bond acceptors (Lipinski definition) is 1. The Bertz CT molecular complexity index is 605. The van der Waals surface area contributed by atoms with E-state index in [-0.39, 0.29) is 0 Å². The first-order chi connectivity index (χ1) is 13.8. The topological polar surface area (TPSA) is 20.2 Å². The van der Waals surface area contributed by atoms with E-state index in [2.05, 4.69) is 40.7 Å². The molecule has 0 aromatic carbocycles. The summed E-state index contributed by atoms with van der Waals surface area (Å²) in [6.45, 7) is 12.2. The monoisotopic (exact) mass is 400 g/mol. The van der Waals surface area contributed by atoms with Crippen LogP contribution in [0.2, 0.25) is 0 Å². The van der Waals surface area contributed by atoms with E-state index < -0.39 is 5.60 Å². The summed E-state index contributed by atoms with van der Waals surface area (Å²) in [6.07, 6.45) is 18.3. The van der Waals surface area contributed by atoms with Crippen LogP contribution in [-0.2, 0) is 0 Å². The second-order valence-corrected chi connectivity index (χ2v) is 12.4. The zero-order valence-corrected chi connectivity index (χ0v) is 20.1. The van der Waals surface area contributed by atoms with Gasteiger partial charge in [-0.3, -0.25) is 0 Å². The van der Waals surface area contributed by atoms with Gasteiger partial charge >= 0.3 is 0 Å². The van der Waals surface area contributed by atoms with E-state index in [1.54, 1.807) is 5.57 Å². The molecular formula is C28H48O. The highest BCUT2D eigenvalue weighted by Crippen LogP contribution is 2.65. The van der Waals surface area contributed by atoms with Crippen LogP contribution < -0.4 is 0 Å². The minimum Gasteiger partial charge on any atom is -0.390 e. The van der Waals surface area contributed by atoms with E-state index in [1.807, 2.05) is 0 Å². The number of aliphatic hydroxyl groups is 1. The Kier molecular flexibility index (Phi) is 6.29. The molecule has 4 aliphatic carbocycles. The van der Waals surface area contributed by atoms with E-state index >= 15 is 0 Å². The zero-order chi connectivity index (χ0) is 20.8. The van der Waals surface area contributed by atoms with Crippen molar-refractivity contribution >= 4 is 0 Å². The predicted molar refractivity (Wildman–Crippen MR) is 124 cm³/mol. The maximum absolute atomic E-state index is 10.9. The van der Waals surface area contributed by atoms with Gasteiger partial charge in [0.15, 0.2) is 0 Å². The number of hydrogen-bond donors (Lipinski definition) is 1. The highest BCUT2D eigenvalue weighted by molar-refractivity contribution is 5.22. The van der Waals surface area contributed by atoms with E-state index in [0.717, 1.165) is 60.7 Å². The summed E-state index contributed by atoms with van der Waals surface area (Å²) in [5, 5.41) is 10.9. The fraction of sp³-hybridized carbons (Fsp3) is 0.929. The molecule has 0 saturated heterocycles. The molecule has 0 aromatic heterocycles. The van der Waals surface area contributed by atoms with Gasteiger partial charge in [-0.1, -0.05) is 65.5 Å². The van der Waals surface area contributed by atoms with Gasteiger partial charge < -0.3 is 5.11 Å². The Balaban J connectivity index is 1.45. The Hall–Kier alpha value is -0.300. The van der Waals surface area contributed by atoms with Crippen molar-refractivity contribution in [2.24, 2.45) is 46.8 Å². The number of rotatable bonds is 6. The fourth-order valence-corrected chi connectivity index (χ4v) is 8.69. The summed E-state index contributed by atoms with van der Waals surface area (Å²) in [5.74, 6) is 6.34. The molecule has 0 heterocycles. The average molecular weight is 401 g/mol. The summed E-state index contributed by atoms with van der Waals surface area (Å²) >= 11 is 0. The molecule has 4 rings (SSSR count). The molecule has 0 amide bonds. The van der Waals surface area contributed by atoms with Gasteiger partial charge in [0.25, 0.3) is 0 Å². The third-order valence-electron chi connectivity index (χ3n) is 10.5. The van der Waals surface area contributed by atoms with Crippen LogP contribution in [0.15, 0.2) is 11.6 Å². The molecule has 0 radical (unpaired) electrons. The first-order valence-corrected chi connectivity index (χ1v) is 13.2. The van der Waals surface area contributed by atoms with Gasteiger partial charge in [-0.15, -0.1) is 0 Å². The van der Waals surface area contributed by atoms with Gasteiger partial charge in [-0.2, -0.15) is 0 Å². The van der Waals surface area contributed by atoms with Crippen LogP contribution in [0.25, 0.3) is 0 Å². The van der Waals surface area contributed by atoms with E-state index in [1.165, 1.54) is 57.8 Å². The Morgan fingerprint density at radius 2 is 1.83 bits per heavy atom. The summed E-state index contributed by atoms with van der Waals surface area (Å²) in [4.78, 5) is 0. The van der Waals surface area contributed by atoms with Crippen molar-refractivity contribution in [2.75, 3.05) is 0 Å². The molecule has 1 nitrogen and oxygen atoms in total. The molecular weight excluding hydrogens is 352 g/mol. The standard InChI is InChI=1S/C28H48O/c1-6-28(29)17-15-22-21(18-28)10-11-24-23(22)14-16-27(5)25(12-13-26(24)27)20(4)9-7-8-19(2)3/h10,19-20,22-26,29H,6-9,11-18H2,1-5H3/t20-,22+,23-,24-,25-,26+,27-,28+/m1/s1. The SMILES string of the molecule is CC[C@]1(O)CC[C@H]2C(=CC[C@@H]3[C@@H]2CC[C@]2(C)[C@@H]([C@H](C)CCCC(C)C)CC[C@@H]32)C1. The molecule has 8 atom stereocenters. The van der Waals surface area contributed by atoms with Crippen LogP contribution in [0.3, 0.4) is 0 Å². The van der Waals surface area contributed by atoms with Gasteiger partial charge in [0.05, 0.1) is 5.60 Å². The van der Waals surface area contributed by atoms with E-state index in [9.17, 15) is 5.11 Å². The molecule has 0 bridgehead atoms. The molecule has 166 valence electrons. The molecule has 0 spiro atoms. The first-order valence-electron chi connectivity index (χ1n) is 13.2. The maximum atomic E-state index is 10.9. The van der Waals surface area contributed by atoms with E-state index in [4.69, 9.17) is 0 Å². The summed E-state index contributed by atoms with van der Waals surface area (Å²) in [7, 11) is 0. The van der Waals surface area contributed by atoms with Gasteiger partial charge in [0.2, 0.25) is 0 Å². The van der Waals surface area contributed by atoms with E-state index in [0.29, 0.717) is 5.41 Å². The van der Waals surface area contributed by atoms with Crippen molar-refractivity contribution < 1.29 is 5.11 Å². The molecule has 0 aromatic rings. The molecule has 0 unspecified atom stereocenters. The Morgan fingerprint density at radius 1 is 1.03 bits per heavy atom. The minimum atomic E-state index is -0.401. The number of allylic oxidation sites excluding steroid dienone is 1. The lowest BCUT2D eigenvalue weighted by Gasteiger charge is -2.55. The average Bonchev–Trinajstić information content (AvgIpc) is 3.04. The van der Waals surface area contributed by atoms with Crippen molar-refractivity contribution in [1.29, 1.82) is 0 Å².